The van der Waals surface area contributed by atoms with Gasteiger partial charge >= 0.3 is 0 Å². The predicted octanol–water partition coefficient (Wildman–Crippen LogP) is 4.20. The molecule has 32 heavy (non-hydrogen) atoms. The minimum Gasteiger partial charge on any atom is -0.483 e. The van der Waals surface area contributed by atoms with Crippen LogP contribution in [0.3, 0.4) is 0 Å². The highest BCUT2D eigenvalue weighted by atomic mass is 16.5. The summed E-state index contributed by atoms with van der Waals surface area (Å²) >= 11 is 0. The summed E-state index contributed by atoms with van der Waals surface area (Å²) in [6.07, 6.45) is 4.87. The molecule has 1 saturated heterocycles. The number of carbonyl (C=O) groups is 3. The van der Waals surface area contributed by atoms with Crippen molar-refractivity contribution in [1.29, 1.82) is 0 Å². The van der Waals surface area contributed by atoms with Crippen molar-refractivity contribution < 1.29 is 19.1 Å². The van der Waals surface area contributed by atoms with Crippen LogP contribution in [-0.2, 0) is 9.59 Å². The van der Waals surface area contributed by atoms with Gasteiger partial charge in [0.05, 0.1) is 17.5 Å². The summed E-state index contributed by atoms with van der Waals surface area (Å²) in [6, 6.07) is 14.3. The number of imide groups is 1. The van der Waals surface area contributed by atoms with Gasteiger partial charge in [0, 0.05) is 5.56 Å². The molecule has 4 aliphatic carbocycles. The average molecular weight is 428 g/mol. The van der Waals surface area contributed by atoms with Gasteiger partial charge in [-0.05, 0) is 68.2 Å². The third-order valence-corrected chi connectivity index (χ3v) is 7.78. The second-order valence-electron chi connectivity index (χ2n) is 9.65. The first-order valence-corrected chi connectivity index (χ1v) is 11.4. The van der Waals surface area contributed by atoms with Crippen molar-refractivity contribution in [3.05, 3.63) is 71.8 Å². The zero-order valence-electron chi connectivity index (χ0n) is 18.1. The molecular weight excluding hydrogens is 402 g/mol. The largest absolute Gasteiger partial charge is 0.483 e. The fourth-order valence-corrected chi connectivity index (χ4v) is 6.10. The summed E-state index contributed by atoms with van der Waals surface area (Å²) in [7, 11) is 0. The molecule has 2 amide bonds. The van der Waals surface area contributed by atoms with Crippen LogP contribution in [-0.4, -0.2) is 23.7 Å². The molecule has 0 N–H and O–H groups in total. The first kappa shape index (κ1) is 19.5. The van der Waals surface area contributed by atoms with Crippen LogP contribution in [0.2, 0.25) is 0 Å². The second-order valence-corrected chi connectivity index (χ2v) is 9.65. The first-order valence-electron chi connectivity index (χ1n) is 11.4. The van der Waals surface area contributed by atoms with E-state index in [-0.39, 0.29) is 41.3 Å². The molecule has 5 aliphatic rings. The summed E-state index contributed by atoms with van der Waals surface area (Å²) in [5.74, 6) is 1.50. The van der Waals surface area contributed by atoms with Crippen molar-refractivity contribution in [1.82, 2.24) is 0 Å². The Kier molecular flexibility index (Phi) is 4.19. The number of rotatable bonds is 5. The Labute approximate surface area is 187 Å². The molecule has 0 aromatic heterocycles. The van der Waals surface area contributed by atoms with Crippen LogP contribution in [0.5, 0.6) is 5.75 Å². The Balaban J connectivity index is 1.18. The van der Waals surface area contributed by atoms with Gasteiger partial charge in [-0.15, -0.1) is 0 Å². The van der Waals surface area contributed by atoms with Crippen molar-refractivity contribution in [3.63, 3.8) is 0 Å². The summed E-state index contributed by atoms with van der Waals surface area (Å²) < 4.78 is 5.84. The number of amides is 2. The Bertz CT molecular complexity index is 1110. The van der Waals surface area contributed by atoms with Crippen LogP contribution in [0.1, 0.15) is 29.3 Å². The molecule has 7 atom stereocenters. The summed E-state index contributed by atoms with van der Waals surface area (Å²) in [4.78, 5) is 40.5. The first-order chi connectivity index (χ1) is 15.4. The lowest BCUT2D eigenvalue weighted by Crippen LogP contribution is -2.40. The zero-order valence-corrected chi connectivity index (χ0v) is 18.1. The van der Waals surface area contributed by atoms with E-state index in [1.165, 1.54) is 4.90 Å². The SMILES string of the molecule is Cc1ccc(C(=O)[C@H](C)Oc2ccc(N3C(=O)[C@@H]4[C@@H]5C=C[C@@H]([C@@H]6C[C@H]56)[C@@H]4C3=O)cc2)cc1. The number of carbonyl (C=O) groups excluding carboxylic acids is 3. The molecule has 0 unspecified atom stereocenters. The van der Waals surface area contributed by atoms with E-state index in [0.29, 0.717) is 28.8 Å². The Morgan fingerprint density at radius 3 is 2.03 bits per heavy atom. The molecule has 2 aromatic rings. The van der Waals surface area contributed by atoms with Gasteiger partial charge < -0.3 is 4.74 Å². The van der Waals surface area contributed by atoms with Crippen LogP contribution >= 0.6 is 0 Å². The molecule has 1 heterocycles. The van der Waals surface area contributed by atoms with Crippen LogP contribution < -0.4 is 9.64 Å². The maximum absolute atomic E-state index is 13.2. The topological polar surface area (TPSA) is 63.7 Å². The molecule has 7 rings (SSSR count). The minimum atomic E-state index is -0.644. The molecule has 1 aliphatic heterocycles. The highest BCUT2D eigenvalue weighted by molar-refractivity contribution is 6.22. The third-order valence-electron chi connectivity index (χ3n) is 7.78. The fraction of sp³-hybridized carbons (Fsp3) is 0.370. The highest BCUT2D eigenvalue weighted by Gasteiger charge is 2.67. The van der Waals surface area contributed by atoms with Gasteiger partial charge in [0.2, 0.25) is 17.6 Å². The Morgan fingerprint density at radius 2 is 1.47 bits per heavy atom. The smallest absolute Gasteiger partial charge is 0.238 e. The Hall–Kier alpha value is -3.21. The number of benzene rings is 2. The molecule has 5 heteroatoms. The van der Waals surface area contributed by atoms with Crippen LogP contribution in [0, 0.1) is 42.4 Å². The quantitative estimate of drug-likeness (QED) is 0.408. The lowest BCUT2D eigenvalue weighted by atomic mass is 9.63. The maximum atomic E-state index is 13.2. The van der Waals surface area contributed by atoms with Crippen molar-refractivity contribution in [3.8, 4) is 5.75 Å². The number of ether oxygens (including phenoxy) is 1. The van der Waals surface area contributed by atoms with Gasteiger partial charge in [-0.25, -0.2) is 0 Å². The van der Waals surface area contributed by atoms with E-state index in [2.05, 4.69) is 12.2 Å². The number of aryl methyl sites for hydroxylation is 1. The zero-order chi connectivity index (χ0) is 22.1. The van der Waals surface area contributed by atoms with E-state index in [0.717, 1.165) is 12.0 Å². The van der Waals surface area contributed by atoms with Gasteiger partial charge in [-0.2, -0.15) is 0 Å². The van der Waals surface area contributed by atoms with Crippen molar-refractivity contribution in [2.24, 2.45) is 35.5 Å². The average Bonchev–Trinajstić information content (AvgIpc) is 3.58. The highest BCUT2D eigenvalue weighted by Crippen LogP contribution is 2.65. The lowest BCUT2D eigenvalue weighted by Gasteiger charge is -2.37. The number of ketones is 1. The van der Waals surface area contributed by atoms with Crippen molar-refractivity contribution in [2.75, 3.05) is 4.90 Å². The molecule has 3 fully saturated rings. The van der Waals surface area contributed by atoms with Gasteiger partial charge in [-0.1, -0.05) is 42.0 Å². The van der Waals surface area contributed by atoms with Crippen molar-refractivity contribution in [2.45, 2.75) is 26.4 Å². The number of Topliss-reactive ketones (excluding diaryl/α,β-unsaturated/α-hetero) is 1. The molecule has 2 bridgehead atoms. The van der Waals surface area contributed by atoms with Crippen LogP contribution in [0.25, 0.3) is 0 Å². The predicted molar refractivity (Wildman–Crippen MR) is 119 cm³/mol. The van der Waals surface area contributed by atoms with Gasteiger partial charge in [0.25, 0.3) is 0 Å². The number of anilines is 1. The van der Waals surface area contributed by atoms with E-state index < -0.39 is 6.10 Å². The summed E-state index contributed by atoms with van der Waals surface area (Å²) in [6.45, 7) is 3.70. The molecule has 5 nitrogen and oxygen atoms in total. The van der Waals surface area contributed by atoms with Gasteiger partial charge in [0.15, 0.2) is 6.10 Å². The molecular formula is C27H25NO4. The summed E-state index contributed by atoms with van der Waals surface area (Å²) in [5.41, 5.74) is 2.28. The van der Waals surface area contributed by atoms with Crippen LogP contribution in [0.15, 0.2) is 60.7 Å². The van der Waals surface area contributed by atoms with E-state index in [1.807, 2.05) is 19.1 Å². The van der Waals surface area contributed by atoms with Crippen LogP contribution in [0.4, 0.5) is 5.69 Å². The number of hydrogen-bond acceptors (Lipinski definition) is 4. The maximum Gasteiger partial charge on any atom is 0.238 e. The molecule has 2 aromatic carbocycles. The lowest BCUT2D eigenvalue weighted by molar-refractivity contribution is -0.124. The van der Waals surface area contributed by atoms with E-state index >= 15 is 0 Å². The molecule has 0 spiro atoms. The minimum absolute atomic E-state index is 0.0683. The van der Waals surface area contributed by atoms with Gasteiger partial charge in [-0.3, -0.25) is 19.3 Å². The summed E-state index contributed by atoms with van der Waals surface area (Å²) in [5, 5.41) is 0. The van der Waals surface area contributed by atoms with E-state index in [4.69, 9.17) is 4.74 Å². The number of allylic oxidation sites excluding steroid dienone is 2. The monoisotopic (exact) mass is 427 g/mol. The normalized spacial score (nSPS) is 32.5. The van der Waals surface area contributed by atoms with E-state index in [9.17, 15) is 14.4 Å². The Morgan fingerprint density at radius 1 is 0.906 bits per heavy atom. The molecule has 162 valence electrons. The second kappa shape index (κ2) is 6.89. The van der Waals surface area contributed by atoms with E-state index in [1.54, 1.807) is 43.3 Å². The molecule has 2 saturated carbocycles. The van der Waals surface area contributed by atoms with Crippen molar-refractivity contribution >= 4 is 23.3 Å². The van der Waals surface area contributed by atoms with Gasteiger partial charge in [0.1, 0.15) is 5.75 Å². The molecule has 0 radical (unpaired) electrons. The third kappa shape index (κ3) is 2.80. The number of nitrogens with zero attached hydrogens (tertiary/aromatic N) is 1. The standard InChI is InChI=1S/C27H25NO4/c1-14-3-5-16(6-4-14)25(29)15(2)32-18-9-7-17(8-10-18)28-26(30)23-19-11-12-20(22-13-21(19)22)24(23)27(28)31/h3-12,15,19-24H,13H2,1-2H3/t15-,19-,20+,21-,22+,23-,24+/m0/s1. The fourth-order valence-electron chi connectivity index (χ4n) is 6.10. The number of hydrogen-bond donors (Lipinski definition) is 0.